The zero-order chi connectivity index (χ0) is 14.3. The van der Waals surface area contributed by atoms with Gasteiger partial charge in [0, 0.05) is 12.0 Å². The summed E-state index contributed by atoms with van der Waals surface area (Å²) in [6.07, 6.45) is 2.05. The second kappa shape index (κ2) is 4.52. The number of hydrogen-bond donors (Lipinski definition) is 1. The zero-order valence-corrected chi connectivity index (χ0v) is 11.8. The van der Waals surface area contributed by atoms with Crippen molar-refractivity contribution in [2.24, 2.45) is 0 Å². The number of aromatic nitrogens is 2. The summed E-state index contributed by atoms with van der Waals surface area (Å²) >= 11 is 5.88. The van der Waals surface area contributed by atoms with Crippen LogP contribution in [0, 0.1) is 0 Å². The van der Waals surface area contributed by atoms with Crippen molar-refractivity contribution in [1.29, 1.82) is 0 Å². The van der Waals surface area contributed by atoms with E-state index in [1.54, 1.807) is 6.07 Å². The van der Waals surface area contributed by atoms with Crippen molar-refractivity contribution in [3.05, 3.63) is 45.5 Å². The summed E-state index contributed by atoms with van der Waals surface area (Å²) in [4.78, 5) is 17.7. The Morgan fingerprint density at radius 1 is 1.45 bits per heavy atom. The highest BCUT2D eigenvalue weighted by Gasteiger charge is 2.32. The predicted octanol–water partition coefficient (Wildman–Crippen LogP) is 2.93. The number of hydrogen-bond acceptors (Lipinski definition) is 4. The number of fused-ring (bicyclic) bond motifs is 1. The third-order valence-corrected chi connectivity index (χ3v) is 3.36. The van der Waals surface area contributed by atoms with E-state index in [9.17, 15) is 4.79 Å². The number of benzene rings is 1. The fourth-order valence-corrected chi connectivity index (χ4v) is 2.35. The number of halogens is 1. The molecule has 6 heteroatoms. The van der Waals surface area contributed by atoms with Gasteiger partial charge in [-0.3, -0.25) is 4.79 Å². The molecule has 0 bridgehead atoms. The number of H-pyrrole nitrogens is 1. The molecule has 0 spiro atoms. The zero-order valence-electron chi connectivity index (χ0n) is 11.1. The van der Waals surface area contributed by atoms with E-state index < -0.39 is 5.56 Å². The van der Waals surface area contributed by atoms with Gasteiger partial charge in [0.15, 0.2) is 16.5 Å². The minimum Gasteiger partial charge on any atom is -0.483 e. The van der Waals surface area contributed by atoms with Crippen molar-refractivity contribution in [3.63, 3.8) is 0 Å². The number of ether oxygens (including phenoxy) is 2. The maximum Gasteiger partial charge on any atom is 0.273 e. The van der Waals surface area contributed by atoms with Crippen LogP contribution in [0.5, 0.6) is 17.4 Å². The standard InChI is InChI=1S/C14H13ClN2O3/c1-14(2)6-8-4-3-5-9(11(8)20-14)19-13-10(15)12(18)16-7-17-13/h3-5,7H,6H2,1-2H3,(H,16,17,18). The van der Waals surface area contributed by atoms with Crippen LogP contribution < -0.4 is 15.0 Å². The molecule has 1 aromatic heterocycles. The molecule has 0 atom stereocenters. The lowest BCUT2D eigenvalue weighted by molar-refractivity contribution is 0.135. The van der Waals surface area contributed by atoms with E-state index in [2.05, 4.69) is 9.97 Å². The van der Waals surface area contributed by atoms with Crippen molar-refractivity contribution in [2.45, 2.75) is 25.9 Å². The van der Waals surface area contributed by atoms with Crippen molar-refractivity contribution < 1.29 is 9.47 Å². The first-order chi connectivity index (χ1) is 9.46. The topological polar surface area (TPSA) is 64.2 Å². The lowest BCUT2D eigenvalue weighted by Gasteiger charge is -2.18. The summed E-state index contributed by atoms with van der Waals surface area (Å²) in [5.41, 5.74) is 0.353. The van der Waals surface area contributed by atoms with Gasteiger partial charge in [0.05, 0.1) is 6.33 Å². The fourth-order valence-electron chi connectivity index (χ4n) is 2.21. The van der Waals surface area contributed by atoms with E-state index in [-0.39, 0.29) is 16.5 Å². The Morgan fingerprint density at radius 2 is 2.25 bits per heavy atom. The van der Waals surface area contributed by atoms with Gasteiger partial charge in [-0.2, -0.15) is 0 Å². The van der Waals surface area contributed by atoms with Crippen LogP contribution in [0.25, 0.3) is 0 Å². The van der Waals surface area contributed by atoms with Gasteiger partial charge in [-0.15, -0.1) is 0 Å². The second-order valence-corrected chi connectivity index (χ2v) is 5.61. The number of para-hydroxylation sites is 1. The van der Waals surface area contributed by atoms with E-state index >= 15 is 0 Å². The molecule has 1 aliphatic heterocycles. The first-order valence-corrected chi connectivity index (χ1v) is 6.56. The monoisotopic (exact) mass is 292 g/mol. The Bertz CT molecular complexity index is 725. The van der Waals surface area contributed by atoms with Gasteiger partial charge in [-0.1, -0.05) is 23.7 Å². The number of nitrogens with one attached hydrogen (secondary N) is 1. The first-order valence-electron chi connectivity index (χ1n) is 6.18. The van der Waals surface area contributed by atoms with E-state index in [1.807, 2.05) is 26.0 Å². The summed E-state index contributed by atoms with van der Waals surface area (Å²) in [6.45, 7) is 4.02. The van der Waals surface area contributed by atoms with Gasteiger partial charge in [0.25, 0.3) is 5.56 Å². The van der Waals surface area contributed by atoms with Crippen LogP contribution in [0.3, 0.4) is 0 Å². The predicted molar refractivity (Wildman–Crippen MR) is 74.8 cm³/mol. The van der Waals surface area contributed by atoms with Crippen LogP contribution in [-0.2, 0) is 6.42 Å². The van der Waals surface area contributed by atoms with Gasteiger partial charge in [0.2, 0.25) is 5.88 Å². The highest BCUT2D eigenvalue weighted by Crippen LogP contribution is 2.43. The smallest absolute Gasteiger partial charge is 0.273 e. The molecule has 0 saturated carbocycles. The lowest BCUT2D eigenvalue weighted by atomic mass is 10.0. The van der Waals surface area contributed by atoms with Crippen molar-refractivity contribution >= 4 is 11.6 Å². The molecule has 1 aliphatic rings. The Morgan fingerprint density at radius 3 is 3.05 bits per heavy atom. The molecular formula is C14H13ClN2O3. The fraction of sp³-hybridized carbons (Fsp3) is 0.286. The highest BCUT2D eigenvalue weighted by molar-refractivity contribution is 6.31. The number of rotatable bonds is 2. The van der Waals surface area contributed by atoms with Crippen molar-refractivity contribution in [1.82, 2.24) is 9.97 Å². The Labute approximate surface area is 120 Å². The molecule has 5 nitrogen and oxygen atoms in total. The maximum atomic E-state index is 11.4. The molecule has 0 unspecified atom stereocenters. The molecule has 2 heterocycles. The van der Waals surface area contributed by atoms with Crippen LogP contribution in [0.2, 0.25) is 5.02 Å². The largest absolute Gasteiger partial charge is 0.483 e. The Kier molecular flexibility index (Phi) is 2.94. The summed E-state index contributed by atoms with van der Waals surface area (Å²) in [6, 6.07) is 5.63. The molecule has 0 saturated heterocycles. The third-order valence-electron chi connectivity index (χ3n) is 3.03. The first kappa shape index (κ1) is 13.0. The lowest BCUT2D eigenvalue weighted by Crippen LogP contribution is -2.24. The van der Waals surface area contributed by atoms with Crippen molar-refractivity contribution in [2.75, 3.05) is 0 Å². The number of nitrogens with zero attached hydrogens (tertiary/aromatic N) is 1. The quantitative estimate of drug-likeness (QED) is 0.924. The van der Waals surface area contributed by atoms with E-state index in [0.29, 0.717) is 11.5 Å². The Balaban J connectivity index is 2.00. The molecule has 1 aromatic carbocycles. The second-order valence-electron chi connectivity index (χ2n) is 5.24. The third kappa shape index (κ3) is 2.25. The van der Waals surface area contributed by atoms with Crippen LogP contribution in [-0.4, -0.2) is 15.6 Å². The summed E-state index contributed by atoms with van der Waals surface area (Å²) in [7, 11) is 0. The SMILES string of the molecule is CC1(C)Cc2cccc(Oc3nc[nH]c(=O)c3Cl)c2O1. The minimum absolute atomic E-state index is 0.0668. The average Bonchev–Trinajstić information content (AvgIpc) is 2.70. The number of aromatic amines is 1. The minimum atomic E-state index is -0.439. The van der Waals surface area contributed by atoms with Gasteiger partial charge in [-0.05, 0) is 19.9 Å². The summed E-state index contributed by atoms with van der Waals surface area (Å²) in [5, 5.41) is -0.0811. The average molecular weight is 293 g/mol. The van der Waals surface area contributed by atoms with Crippen LogP contribution in [0.1, 0.15) is 19.4 Å². The molecule has 20 heavy (non-hydrogen) atoms. The summed E-state index contributed by atoms with van der Waals surface area (Å²) in [5.74, 6) is 1.25. The van der Waals surface area contributed by atoms with Gasteiger partial charge in [0.1, 0.15) is 5.60 Å². The van der Waals surface area contributed by atoms with E-state index in [0.717, 1.165) is 12.0 Å². The molecule has 0 radical (unpaired) electrons. The summed E-state index contributed by atoms with van der Waals surface area (Å²) < 4.78 is 11.5. The molecule has 1 N–H and O–H groups in total. The molecule has 3 rings (SSSR count). The molecule has 2 aromatic rings. The van der Waals surface area contributed by atoms with E-state index in [1.165, 1.54) is 6.33 Å². The van der Waals surface area contributed by atoms with Gasteiger partial charge < -0.3 is 14.5 Å². The highest BCUT2D eigenvalue weighted by atomic mass is 35.5. The van der Waals surface area contributed by atoms with E-state index in [4.69, 9.17) is 21.1 Å². The molecule has 0 fully saturated rings. The van der Waals surface area contributed by atoms with Gasteiger partial charge in [-0.25, -0.2) is 4.98 Å². The van der Waals surface area contributed by atoms with Crippen LogP contribution in [0.4, 0.5) is 0 Å². The Hall–Kier alpha value is -2.01. The molecule has 104 valence electrons. The molecule has 0 amide bonds. The maximum absolute atomic E-state index is 11.4. The molecular weight excluding hydrogens is 280 g/mol. The van der Waals surface area contributed by atoms with Crippen LogP contribution in [0.15, 0.2) is 29.3 Å². The normalized spacial score (nSPS) is 15.6. The molecule has 0 aliphatic carbocycles. The van der Waals surface area contributed by atoms with Gasteiger partial charge >= 0.3 is 0 Å². The van der Waals surface area contributed by atoms with Crippen molar-refractivity contribution in [3.8, 4) is 17.4 Å². The van der Waals surface area contributed by atoms with Crippen LogP contribution >= 0.6 is 11.6 Å².